The van der Waals surface area contributed by atoms with Crippen LogP contribution >= 0.6 is 0 Å². The summed E-state index contributed by atoms with van der Waals surface area (Å²) in [7, 11) is 0. The summed E-state index contributed by atoms with van der Waals surface area (Å²) in [5.74, 6) is -0.488. The van der Waals surface area contributed by atoms with Gasteiger partial charge in [-0.25, -0.2) is 0 Å². The summed E-state index contributed by atoms with van der Waals surface area (Å²) in [5, 5.41) is 3.26. The van der Waals surface area contributed by atoms with E-state index in [0.29, 0.717) is 37.4 Å². The van der Waals surface area contributed by atoms with Crippen molar-refractivity contribution in [3.8, 4) is 0 Å². The predicted octanol–water partition coefficient (Wildman–Crippen LogP) is 5.05. The minimum absolute atomic E-state index is 0.143. The first-order valence-electron chi connectivity index (χ1n) is 10.5. The van der Waals surface area contributed by atoms with Gasteiger partial charge in [0.2, 0.25) is 0 Å². The lowest BCUT2D eigenvalue weighted by atomic mass is 10.1. The standard InChI is InChI=1S/C25H22F3N3O2/c26-25(27,28)19-12-10-18(11-13-19)23(32)30-14-16-31(17-15-30)24(33)21-8-4-5-9-22(21)29-20-6-2-1-3-7-20/h1-13,29H,14-17H2. The molecule has 1 heterocycles. The molecule has 1 fully saturated rings. The summed E-state index contributed by atoms with van der Waals surface area (Å²) in [6.07, 6.45) is -4.45. The molecule has 4 rings (SSSR count). The normalized spacial score (nSPS) is 14.2. The Hall–Kier alpha value is -3.81. The third-order valence-electron chi connectivity index (χ3n) is 5.52. The maximum Gasteiger partial charge on any atom is 0.416 e. The average molecular weight is 453 g/mol. The molecule has 170 valence electrons. The molecule has 1 aliphatic rings. The fourth-order valence-electron chi connectivity index (χ4n) is 3.72. The predicted molar refractivity (Wildman–Crippen MR) is 119 cm³/mol. The average Bonchev–Trinajstić information content (AvgIpc) is 2.84. The SMILES string of the molecule is O=C(c1ccc(C(F)(F)F)cc1)N1CCN(C(=O)c2ccccc2Nc2ccccc2)CC1. The van der Waals surface area contributed by atoms with Gasteiger partial charge in [-0.15, -0.1) is 0 Å². The monoisotopic (exact) mass is 453 g/mol. The second-order valence-electron chi connectivity index (χ2n) is 7.70. The fraction of sp³-hybridized carbons (Fsp3) is 0.200. The zero-order chi connectivity index (χ0) is 23.4. The smallest absolute Gasteiger partial charge is 0.355 e. The Labute approximate surface area is 189 Å². The van der Waals surface area contributed by atoms with Gasteiger partial charge in [0.25, 0.3) is 11.8 Å². The third-order valence-corrected chi connectivity index (χ3v) is 5.52. The highest BCUT2D eigenvalue weighted by Gasteiger charge is 2.31. The summed E-state index contributed by atoms with van der Waals surface area (Å²) in [4.78, 5) is 29.1. The minimum Gasteiger partial charge on any atom is -0.355 e. The van der Waals surface area contributed by atoms with Crippen LogP contribution in [-0.4, -0.2) is 47.8 Å². The van der Waals surface area contributed by atoms with Gasteiger partial charge in [0, 0.05) is 37.4 Å². The van der Waals surface area contributed by atoms with Crippen LogP contribution in [0.5, 0.6) is 0 Å². The van der Waals surface area contributed by atoms with E-state index in [4.69, 9.17) is 0 Å². The summed E-state index contributed by atoms with van der Waals surface area (Å²) < 4.78 is 38.2. The zero-order valence-electron chi connectivity index (χ0n) is 17.7. The molecular weight excluding hydrogens is 431 g/mol. The van der Waals surface area contributed by atoms with Crippen molar-refractivity contribution in [3.05, 3.63) is 95.6 Å². The molecule has 5 nitrogen and oxygen atoms in total. The van der Waals surface area contributed by atoms with Crippen molar-refractivity contribution in [1.82, 2.24) is 9.80 Å². The molecule has 2 amide bonds. The van der Waals surface area contributed by atoms with Crippen molar-refractivity contribution in [2.75, 3.05) is 31.5 Å². The van der Waals surface area contributed by atoms with Crippen LogP contribution in [0.25, 0.3) is 0 Å². The second-order valence-corrected chi connectivity index (χ2v) is 7.70. The molecule has 0 atom stereocenters. The van der Waals surface area contributed by atoms with Crippen LogP contribution < -0.4 is 5.32 Å². The number of carbonyl (C=O) groups excluding carboxylic acids is 2. The van der Waals surface area contributed by atoms with Gasteiger partial charge in [-0.2, -0.15) is 13.2 Å². The largest absolute Gasteiger partial charge is 0.416 e. The Morgan fingerprint density at radius 3 is 1.85 bits per heavy atom. The van der Waals surface area contributed by atoms with Crippen molar-refractivity contribution in [3.63, 3.8) is 0 Å². The van der Waals surface area contributed by atoms with Crippen LogP contribution in [0.15, 0.2) is 78.9 Å². The molecule has 33 heavy (non-hydrogen) atoms. The minimum atomic E-state index is -4.45. The molecule has 3 aromatic carbocycles. The molecule has 0 unspecified atom stereocenters. The van der Waals surface area contributed by atoms with Gasteiger partial charge >= 0.3 is 6.18 Å². The van der Waals surface area contributed by atoms with E-state index in [2.05, 4.69) is 5.32 Å². The van der Waals surface area contributed by atoms with Crippen molar-refractivity contribution in [2.24, 2.45) is 0 Å². The molecule has 1 aliphatic heterocycles. The molecule has 0 radical (unpaired) electrons. The van der Waals surface area contributed by atoms with E-state index in [9.17, 15) is 22.8 Å². The van der Waals surface area contributed by atoms with E-state index in [-0.39, 0.29) is 17.4 Å². The number of amides is 2. The van der Waals surface area contributed by atoms with Crippen molar-refractivity contribution < 1.29 is 22.8 Å². The summed E-state index contributed by atoms with van der Waals surface area (Å²) in [5.41, 5.74) is 1.49. The van der Waals surface area contributed by atoms with E-state index in [1.165, 1.54) is 12.1 Å². The first-order chi connectivity index (χ1) is 15.8. The number of alkyl halides is 3. The molecule has 0 spiro atoms. The van der Waals surface area contributed by atoms with Crippen LogP contribution in [0.3, 0.4) is 0 Å². The first-order valence-corrected chi connectivity index (χ1v) is 10.5. The molecule has 0 saturated carbocycles. The quantitative estimate of drug-likeness (QED) is 0.602. The lowest BCUT2D eigenvalue weighted by Crippen LogP contribution is -2.50. The van der Waals surface area contributed by atoms with Crippen LogP contribution in [0.1, 0.15) is 26.3 Å². The number of halogens is 3. The van der Waals surface area contributed by atoms with Crippen LogP contribution in [-0.2, 0) is 6.18 Å². The number of rotatable bonds is 4. The summed E-state index contributed by atoms with van der Waals surface area (Å²) >= 11 is 0. The van der Waals surface area contributed by atoms with Crippen LogP contribution in [0.2, 0.25) is 0 Å². The first kappa shape index (κ1) is 22.4. The highest BCUT2D eigenvalue weighted by Crippen LogP contribution is 2.29. The second kappa shape index (κ2) is 9.36. The van der Waals surface area contributed by atoms with Gasteiger partial charge in [0.1, 0.15) is 0 Å². The Balaban J connectivity index is 1.40. The number of benzene rings is 3. The number of piperazine rings is 1. The number of hydrogen-bond acceptors (Lipinski definition) is 3. The Morgan fingerprint density at radius 2 is 1.24 bits per heavy atom. The van der Waals surface area contributed by atoms with Crippen molar-refractivity contribution >= 4 is 23.2 Å². The molecule has 1 saturated heterocycles. The Morgan fingerprint density at radius 1 is 0.697 bits per heavy atom. The zero-order valence-corrected chi connectivity index (χ0v) is 17.7. The highest BCUT2D eigenvalue weighted by atomic mass is 19.4. The summed E-state index contributed by atoms with van der Waals surface area (Å²) in [6.45, 7) is 1.29. The van der Waals surface area contributed by atoms with E-state index >= 15 is 0 Å². The number of nitrogens with zero attached hydrogens (tertiary/aromatic N) is 2. The number of anilines is 2. The van der Waals surface area contributed by atoms with Crippen molar-refractivity contribution in [2.45, 2.75) is 6.18 Å². The Kier molecular flexibility index (Phi) is 6.35. The highest BCUT2D eigenvalue weighted by molar-refractivity contribution is 6.00. The van der Waals surface area contributed by atoms with Gasteiger partial charge in [-0.3, -0.25) is 9.59 Å². The topological polar surface area (TPSA) is 52.7 Å². The number of carbonyl (C=O) groups is 2. The van der Waals surface area contributed by atoms with E-state index in [1.807, 2.05) is 42.5 Å². The molecule has 0 aliphatic carbocycles. The molecule has 0 bridgehead atoms. The van der Waals surface area contributed by atoms with Gasteiger partial charge < -0.3 is 15.1 Å². The number of para-hydroxylation sites is 2. The molecular formula is C25H22F3N3O2. The molecule has 8 heteroatoms. The van der Waals surface area contributed by atoms with Gasteiger partial charge in [-0.1, -0.05) is 30.3 Å². The maximum absolute atomic E-state index is 13.2. The lowest BCUT2D eigenvalue weighted by molar-refractivity contribution is -0.137. The number of nitrogens with one attached hydrogen (secondary N) is 1. The number of hydrogen-bond donors (Lipinski definition) is 1. The maximum atomic E-state index is 13.2. The molecule has 0 aromatic heterocycles. The van der Waals surface area contributed by atoms with Gasteiger partial charge in [0.05, 0.1) is 16.8 Å². The third kappa shape index (κ3) is 5.16. The fourth-order valence-corrected chi connectivity index (χ4v) is 3.72. The van der Waals surface area contributed by atoms with E-state index < -0.39 is 11.7 Å². The Bertz CT molecular complexity index is 1120. The van der Waals surface area contributed by atoms with E-state index in [0.717, 1.165) is 17.8 Å². The van der Waals surface area contributed by atoms with Crippen LogP contribution in [0, 0.1) is 0 Å². The molecule has 3 aromatic rings. The molecule has 1 N–H and O–H groups in total. The lowest BCUT2D eigenvalue weighted by Gasteiger charge is -2.35. The van der Waals surface area contributed by atoms with Gasteiger partial charge in [-0.05, 0) is 48.5 Å². The van der Waals surface area contributed by atoms with E-state index in [1.54, 1.807) is 21.9 Å². The van der Waals surface area contributed by atoms with Gasteiger partial charge in [0.15, 0.2) is 0 Å². The van der Waals surface area contributed by atoms with Crippen LogP contribution in [0.4, 0.5) is 24.5 Å². The summed E-state index contributed by atoms with van der Waals surface area (Å²) in [6, 6.07) is 21.0. The van der Waals surface area contributed by atoms with Crippen molar-refractivity contribution in [1.29, 1.82) is 0 Å².